The van der Waals surface area contributed by atoms with E-state index >= 15 is 0 Å². The number of likely N-dealkylation sites (N-methyl/N-ethyl adjacent to an activating group) is 1. The molecule has 18 heavy (non-hydrogen) atoms. The Balaban J connectivity index is 2.13. The van der Waals surface area contributed by atoms with E-state index in [1.807, 2.05) is 17.3 Å². The lowest BCUT2D eigenvalue weighted by Gasteiger charge is -2.32. The summed E-state index contributed by atoms with van der Waals surface area (Å²) in [6, 6.07) is 2.53. The Morgan fingerprint density at radius 3 is 3.00 bits per heavy atom. The fourth-order valence-electron chi connectivity index (χ4n) is 2.49. The van der Waals surface area contributed by atoms with Crippen molar-refractivity contribution in [3.63, 3.8) is 0 Å². The first-order valence-corrected chi connectivity index (χ1v) is 7.55. The molecule has 4 heteroatoms. The zero-order valence-electron chi connectivity index (χ0n) is 11.4. The molecule has 2 heterocycles. The van der Waals surface area contributed by atoms with E-state index in [1.165, 1.54) is 12.0 Å². The SMILES string of the molecule is CN[C@H]1CCCN(C(=O)c2sccc2C(C)C)C1. The predicted molar refractivity (Wildman–Crippen MR) is 76.4 cm³/mol. The Morgan fingerprint density at radius 1 is 1.56 bits per heavy atom. The topological polar surface area (TPSA) is 32.3 Å². The van der Waals surface area contributed by atoms with Crippen LogP contribution < -0.4 is 5.32 Å². The number of hydrogen-bond acceptors (Lipinski definition) is 3. The van der Waals surface area contributed by atoms with Crippen molar-refractivity contribution >= 4 is 17.2 Å². The monoisotopic (exact) mass is 266 g/mol. The van der Waals surface area contributed by atoms with Gasteiger partial charge in [0.25, 0.3) is 5.91 Å². The van der Waals surface area contributed by atoms with Crippen LogP contribution in [-0.4, -0.2) is 37.0 Å². The van der Waals surface area contributed by atoms with Crippen LogP contribution in [0.15, 0.2) is 11.4 Å². The minimum Gasteiger partial charge on any atom is -0.336 e. The lowest BCUT2D eigenvalue weighted by atomic mass is 10.0. The van der Waals surface area contributed by atoms with Crippen molar-refractivity contribution in [2.75, 3.05) is 20.1 Å². The van der Waals surface area contributed by atoms with Gasteiger partial charge in [0.05, 0.1) is 4.88 Å². The molecule has 1 amide bonds. The van der Waals surface area contributed by atoms with Crippen LogP contribution in [0, 0.1) is 0 Å². The average molecular weight is 266 g/mol. The van der Waals surface area contributed by atoms with Crippen LogP contribution in [0.4, 0.5) is 0 Å². The molecular weight excluding hydrogens is 244 g/mol. The number of nitrogens with zero attached hydrogens (tertiary/aromatic N) is 1. The molecule has 1 N–H and O–H groups in total. The van der Waals surface area contributed by atoms with Crippen molar-refractivity contribution in [3.05, 3.63) is 21.9 Å². The quantitative estimate of drug-likeness (QED) is 0.912. The molecule has 1 aromatic heterocycles. The summed E-state index contributed by atoms with van der Waals surface area (Å²) in [5, 5.41) is 5.31. The summed E-state index contributed by atoms with van der Waals surface area (Å²) < 4.78 is 0. The second-order valence-corrected chi connectivity index (χ2v) is 6.15. The van der Waals surface area contributed by atoms with Gasteiger partial charge in [-0.2, -0.15) is 0 Å². The molecule has 3 nitrogen and oxygen atoms in total. The van der Waals surface area contributed by atoms with Crippen molar-refractivity contribution in [1.29, 1.82) is 0 Å². The average Bonchev–Trinajstić information content (AvgIpc) is 2.87. The van der Waals surface area contributed by atoms with Gasteiger partial charge in [0.15, 0.2) is 0 Å². The maximum Gasteiger partial charge on any atom is 0.264 e. The highest BCUT2D eigenvalue weighted by Crippen LogP contribution is 2.27. The number of hydrogen-bond donors (Lipinski definition) is 1. The molecule has 1 aromatic rings. The van der Waals surface area contributed by atoms with Gasteiger partial charge in [-0.1, -0.05) is 13.8 Å². The van der Waals surface area contributed by atoms with Gasteiger partial charge in [-0.25, -0.2) is 0 Å². The molecule has 2 rings (SSSR count). The molecule has 1 saturated heterocycles. The van der Waals surface area contributed by atoms with Crippen molar-refractivity contribution in [2.24, 2.45) is 0 Å². The molecule has 0 spiro atoms. The molecule has 0 unspecified atom stereocenters. The molecule has 0 bridgehead atoms. The van der Waals surface area contributed by atoms with Crippen LogP contribution in [0.1, 0.15) is 47.8 Å². The van der Waals surface area contributed by atoms with Crippen LogP contribution in [0.5, 0.6) is 0 Å². The second kappa shape index (κ2) is 5.85. The number of nitrogens with one attached hydrogen (secondary N) is 1. The first kappa shape index (κ1) is 13.6. The Kier molecular flexibility index (Phi) is 4.40. The number of piperidine rings is 1. The van der Waals surface area contributed by atoms with Gasteiger partial charge in [-0.15, -0.1) is 11.3 Å². The van der Waals surface area contributed by atoms with Crippen molar-refractivity contribution < 1.29 is 4.79 Å². The Bertz CT molecular complexity index is 414. The van der Waals surface area contributed by atoms with Gasteiger partial charge in [-0.05, 0) is 42.8 Å². The van der Waals surface area contributed by atoms with E-state index in [9.17, 15) is 4.79 Å². The highest BCUT2D eigenvalue weighted by molar-refractivity contribution is 7.12. The van der Waals surface area contributed by atoms with Crippen molar-refractivity contribution in [2.45, 2.75) is 38.6 Å². The van der Waals surface area contributed by atoms with Crippen molar-refractivity contribution in [1.82, 2.24) is 10.2 Å². The largest absolute Gasteiger partial charge is 0.336 e. The summed E-state index contributed by atoms with van der Waals surface area (Å²) in [5.74, 6) is 0.633. The van der Waals surface area contributed by atoms with Gasteiger partial charge in [0.1, 0.15) is 0 Å². The standard InChI is InChI=1S/C14H22N2OS/c1-10(2)12-6-8-18-13(12)14(17)16-7-4-5-11(9-16)15-3/h6,8,10-11,15H,4-5,7,9H2,1-3H3/t11-/m0/s1. The predicted octanol–water partition coefficient (Wildman–Crippen LogP) is 2.70. The molecule has 0 aliphatic carbocycles. The first-order chi connectivity index (χ1) is 8.63. The summed E-state index contributed by atoms with van der Waals surface area (Å²) in [6.45, 7) is 6.02. The van der Waals surface area contributed by atoms with Crippen LogP contribution in [0.25, 0.3) is 0 Å². The molecule has 0 aromatic carbocycles. The molecule has 1 aliphatic heterocycles. The zero-order chi connectivity index (χ0) is 13.1. The Hall–Kier alpha value is -0.870. The van der Waals surface area contributed by atoms with Crippen LogP contribution in [-0.2, 0) is 0 Å². The highest BCUT2D eigenvalue weighted by atomic mass is 32.1. The van der Waals surface area contributed by atoms with Gasteiger partial charge < -0.3 is 10.2 Å². The Morgan fingerprint density at radius 2 is 2.33 bits per heavy atom. The minimum atomic E-state index is 0.216. The van der Waals surface area contributed by atoms with Crippen LogP contribution >= 0.6 is 11.3 Å². The molecule has 1 fully saturated rings. The lowest BCUT2D eigenvalue weighted by molar-refractivity contribution is 0.0702. The number of amides is 1. The van der Waals surface area contributed by atoms with E-state index in [4.69, 9.17) is 0 Å². The van der Waals surface area contributed by atoms with Gasteiger partial charge >= 0.3 is 0 Å². The van der Waals surface area contributed by atoms with E-state index in [1.54, 1.807) is 11.3 Å². The van der Waals surface area contributed by atoms with Gasteiger partial charge in [-0.3, -0.25) is 4.79 Å². The van der Waals surface area contributed by atoms with Crippen molar-refractivity contribution in [3.8, 4) is 0 Å². The number of thiophene rings is 1. The third kappa shape index (κ3) is 2.75. The summed E-state index contributed by atoms with van der Waals surface area (Å²) >= 11 is 1.58. The molecular formula is C14H22N2OS. The molecule has 100 valence electrons. The first-order valence-electron chi connectivity index (χ1n) is 6.67. The van der Waals surface area contributed by atoms with E-state index in [0.717, 1.165) is 24.4 Å². The minimum absolute atomic E-state index is 0.216. The van der Waals surface area contributed by atoms with E-state index in [0.29, 0.717) is 12.0 Å². The maximum atomic E-state index is 12.6. The molecule has 1 atom stereocenters. The molecule has 0 saturated carbocycles. The second-order valence-electron chi connectivity index (χ2n) is 5.24. The molecule has 1 aliphatic rings. The normalized spacial score (nSPS) is 20.4. The van der Waals surface area contributed by atoms with E-state index in [2.05, 4.69) is 25.2 Å². The van der Waals surface area contributed by atoms with E-state index in [-0.39, 0.29) is 5.91 Å². The maximum absolute atomic E-state index is 12.6. The third-order valence-corrected chi connectivity index (χ3v) is 4.55. The summed E-state index contributed by atoms with van der Waals surface area (Å²) in [5.41, 5.74) is 1.19. The Labute approximate surface area is 113 Å². The highest BCUT2D eigenvalue weighted by Gasteiger charge is 2.26. The number of rotatable bonds is 3. The number of carbonyl (C=O) groups excluding carboxylic acids is 1. The summed E-state index contributed by atoms with van der Waals surface area (Å²) in [7, 11) is 1.98. The van der Waals surface area contributed by atoms with Gasteiger partial charge in [0, 0.05) is 19.1 Å². The van der Waals surface area contributed by atoms with E-state index < -0.39 is 0 Å². The number of carbonyl (C=O) groups is 1. The third-order valence-electron chi connectivity index (χ3n) is 3.63. The molecule has 0 radical (unpaired) electrons. The van der Waals surface area contributed by atoms with Crippen LogP contribution in [0.3, 0.4) is 0 Å². The lowest BCUT2D eigenvalue weighted by Crippen LogP contribution is -2.46. The fraction of sp³-hybridized carbons (Fsp3) is 0.643. The fourth-order valence-corrected chi connectivity index (χ4v) is 3.51. The summed E-state index contributed by atoms with van der Waals surface area (Å²) in [4.78, 5) is 15.5. The van der Waals surface area contributed by atoms with Crippen LogP contribution in [0.2, 0.25) is 0 Å². The zero-order valence-corrected chi connectivity index (χ0v) is 12.2. The summed E-state index contributed by atoms with van der Waals surface area (Å²) in [6.07, 6.45) is 2.27. The number of likely N-dealkylation sites (tertiary alicyclic amines) is 1. The van der Waals surface area contributed by atoms with Gasteiger partial charge in [0.2, 0.25) is 0 Å². The smallest absolute Gasteiger partial charge is 0.264 e.